The van der Waals surface area contributed by atoms with Gasteiger partial charge in [0.2, 0.25) is 5.92 Å². The Morgan fingerprint density at radius 2 is 1.92 bits per heavy atom. The van der Waals surface area contributed by atoms with Gasteiger partial charge in [0.05, 0.1) is 0 Å². The van der Waals surface area contributed by atoms with Crippen LogP contribution in [0, 0.1) is 11.3 Å². The molecular formula is C9H16F2O. The van der Waals surface area contributed by atoms with Crippen molar-refractivity contribution < 1.29 is 13.9 Å². The Kier molecular flexibility index (Phi) is 2.43. The number of alkyl halides is 2. The Bertz CT molecular complexity index is 168. The zero-order valence-electron chi connectivity index (χ0n) is 7.61. The number of aliphatic hydroxyl groups is 1. The van der Waals surface area contributed by atoms with E-state index in [0.717, 1.165) is 0 Å². The van der Waals surface area contributed by atoms with Crippen LogP contribution in [-0.2, 0) is 0 Å². The Balaban J connectivity index is 2.73. The lowest BCUT2D eigenvalue weighted by Gasteiger charge is -2.30. The summed E-state index contributed by atoms with van der Waals surface area (Å²) >= 11 is 0. The summed E-state index contributed by atoms with van der Waals surface area (Å²) in [6.45, 7) is 3.69. The molecule has 1 N–H and O–H groups in total. The topological polar surface area (TPSA) is 20.2 Å². The van der Waals surface area contributed by atoms with Crippen molar-refractivity contribution in [1.82, 2.24) is 0 Å². The third kappa shape index (κ3) is 1.60. The van der Waals surface area contributed by atoms with Crippen LogP contribution in [0.4, 0.5) is 8.78 Å². The van der Waals surface area contributed by atoms with Gasteiger partial charge in [-0.15, -0.1) is 0 Å². The Morgan fingerprint density at radius 1 is 1.33 bits per heavy atom. The second-order valence-corrected chi connectivity index (χ2v) is 4.21. The molecule has 0 radical (unpaired) electrons. The minimum Gasteiger partial charge on any atom is -0.396 e. The summed E-state index contributed by atoms with van der Waals surface area (Å²) in [5, 5.41) is 9.09. The van der Waals surface area contributed by atoms with Gasteiger partial charge in [0.15, 0.2) is 0 Å². The van der Waals surface area contributed by atoms with E-state index in [-0.39, 0.29) is 25.4 Å². The fraction of sp³-hybridized carbons (Fsp3) is 1.00. The molecule has 0 spiro atoms. The molecule has 0 aliphatic heterocycles. The number of halogens is 2. The van der Waals surface area contributed by atoms with Crippen molar-refractivity contribution in [2.45, 2.75) is 39.0 Å². The molecule has 1 rings (SSSR count). The highest BCUT2D eigenvalue weighted by molar-refractivity contribution is 4.94. The van der Waals surface area contributed by atoms with E-state index in [0.29, 0.717) is 6.42 Å². The van der Waals surface area contributed by atoms with Crippen molar-refractivity contribution in [3.05, 3.63) is 0 Å². The minimum absolute atomic E-state index is 0.0637. The maximum Gasteiger partial charge on any atom is 0.248 e. The van der Waals surface area contributed by atoms with Gasteiger partial charge in [-0.05, 0) is 12.3 Å². The lowest BCUT2D eigenvalue weighted by atomic mass is 9.76. The SMILES string of the molecule is CC(C)[C@@]1(CO)CCC(F)(F)C1. The molecule has 12 heavy (non-hydrogen) atoms. The highest BCUT2D eigenvalue weighted by Gasteiger charge is 2.50. The molecule has 1 aliphatic rings. The molecule has 0 aromatic rings. The lowest BCUT2D eigenvalue weighted by molar-refractivity contribution is -0.0220. The van der Waals surface area contributed by atoms with Crippen LogP contribution in [0.5, 0.6) is 0 Å². The lowest BCUT2D eigenvalue weighted by Crippen LogP contribution is -2.30. The van der Waals surface area contributed by atoms with Crippen molar-refractivity contribution in [2.75, 3.05) is 6.61 Å². The molecule has 0 amide bonds. The van der Waals surface area contributed by atoms with Crippen LogP contribution < -0.4 is 0 Å². The van der Waals surface area contributed by atoms with Crippen LogP contribution in [0.2, 0.25) is 0 Å². The van der Waals surface area contributed by atoms with E-state index >= 15 is 0 Å². The van der Waals surface area contributed by atoms with Gasteiger partial charge in [-0.3, -0.25) is 0 Å². The fourth-order valence-electron chi connectivity index (χ4n) is 1.93. The number of hydrogen-bond acceptors (Lipinski definition) is 1. The average Bonchev–Trinajstić information content (AvgIpc) is 2.27. The van der Waals surface area contributed by atoms with E-state index in [9.17, 15) is 8.78 Å². The van der Waals surface area contributed by atoms with Crippen molar-refractivity contribution in [2.24, 2.45) is 11.3 Å². The molecule has 1 nitrogen and oxygen atoms in total. The van der Waals surface area contributed by atoms with Crippen LogP contribution >= 0.6 is 0 Å². The first-order chi connectivity index (χ1) is 5.42. The van der Waals surface area contributed by atoms with Crippen molar-refractivity contribution in [3.63, 3.8) is 0 Å². The van der Waals surface area contributed by atoms with E-state index < -0.39 is 11.3 Å². The molecule has 0 bridgehead atoms. The summed E-state index contributed by atoms with van der Waals surface area (Å²) in [5.74, 6) is -2.41. The number of hydrogen-bond donors (Lipinski definition) is 1. The molecule has 0 saturated heterocycles. The van der Waals surface area contributed by atoms with E-state index in [1.54, 1.807) is 0 Å². The van der Waals surface area contributed by atoms with Crippen LogP contribution in [-0.4, -0.2) is 17.6 Å². The predicted octanol–water partition coefficient (Wildman–Crippen LogP) is 2.44. The molecule has 1 fully saturated rings. The maximum absolute atomic E-state index is 12.9. The summed E-state index contributed by atoms with van der Waals surface area (Å²) in [7, 11) is 0. The van der Waals surface area contributed by atoms with Gasteiger partial charge in [-0.25, -0.2) is 8.78 Å². The summed E-state index contributed by atoms with van der Waals surface area (Å²) in [5.41, 5.74) is -0.524. The molecule has 0 aromatic heterocycles. The molecule has 0 unspecified atom stereocenters. The highest BCUT2D eigenvalue weighted by Crippen LogP contribution is 2.50. The van der Waals surface area contributed by atoms with Crippen LogP contribution in [0.3, 0.4) is 0 Å². The normalized spacial score (nSPS) is 34.5. The minimum atomic E-state index is -2.55. The molecule has 72 valence electrons. The van der Waals surface area contributed by atoms with Gasteiger partial charge in [-0.2, -0.15) is 0 Å². The molecule has 1 atom stereocenters. The standard InChI is InChI=1S/C9H16F2O/c1-7(2)8(6-12)3-4-9(10,11)5-8/h7,12H,3-6H2,1-2H3/t8-/m0/s1. The molecule has 1 saturated carbocycles. The highest BCUT2D eigenvalue weighted by atomic mass is 19.3. The van der Waals surface area contributed by atoms with Crippen LogP contribution in [0.15, 0.2) is 0 Å². The monoisotopic (exact) mass is 178 g/mol. The smallest absolute Gasteiger partial charge is 0.248 e. The van der Waals surface area contributed by atoms with Gasteiger partial charge in [0.25, 0.3) is 0 Å². The summed E-state index contributed by atoms with van der Waals surface area (Å²) < 4.78 is 25.8. The van der Waals surface area contributed by atoms with E-state index in [2.05, 4.69) is 0 Å². The quantitative estimate of drug-likeness (QED) is 0.688. The van der Waals surface area contributed by atoms with Gasteiger partial charge in [-0.1, -0.05) is 13.8 Å². The first kappa shape index (κ1) is 9.90. The first-order valence-corrected chi connectivity index (χ1v) is 4.41. The second kappa shape index (κ2) is 2.95. The third-order valence-electron chi connectivity index (χ3n) is 3.14. The second-order valence-electron chi connectivity index (χ2n) is 4.21. The molecule has 0 aromatic carbocycles. The van der Waals surface area contributed by atoms with Crippen molar-refractivity contribution in [1.29, 1.82) is 0 Å². The van der Waals surface area contributed by atoms with Crippen molar-refractivity contribution >= 4 is 0 Å². The van der Waals surface area contributed by atoms with E-state index in [1.807, 2.05) is 13.8 Å². The largest absolute Gasteiger partial charge is 0.396 e. The predicted molar refractivity (Wildman–Crippen MR) is 43.2 cm³/mol. The maximum atomic E-state index is 12.9. The summed E-state index contributed by atoms with van der Waals surface area (Å²) in [6.07, 6.45) is 0.244. The summed E-state index contributed by atoms with van der Waals surface area (Å²) in [4.78, 5) is 0. The van der Waals surface area contributed by atoms with Gasteiger partial charge >= 0.3 is 0 Å². The first-order valence-electron chi connectivity index (χ1n) is 4.41. The summed E-state index contributed by atoms with van der Waals surface area (Å²) in [6, 6.07) is 0. The van der Waals surface area contributed by atoms with E-state index in [4.69, 9.17) is 5.11 Å². The molecule has 1 aliphatic carbocycles. The zero-order valence-corrected chi connectivity index (χ0v) is 7.61. The average molecular weight is 178 g/mol. The van der Waals surface area contributed by atoms with Crippen LogP contribution in [0.25, 0.3) is 0 Å². The Hall–Kier alpha value is -0.180. The van der Waals surface area contributed by atoms with Crippen LogP contribution in [0.1, 0.15) is 33.1 Å². The fourth-order valence-corrected chi connectivity index (χ4v) is 1.93. The molecule has 0 heterocycles. The Morgan fingerprint density at radius 3 is 2.08 bits per heavy atom. The number of aliphatic hydroxyl groups excluding tert-OH is 1. The van der Waals surface area contributed by atoms with Gasteiger partial charge < -0.3 is 5.11 Å². The third-order valence-corrected chi connectivity index (χ3v) is 3.14. The van der Waals surface area contributed by atoms with Gasteiger partial charge in [0.1, 0.15) is 0 Å². The molecule has 3 heteroatoms. The number of rotatable bonds is 2. The zero-order chi connectivity index (χ0) is 9.41. The molecular weight excluding hydrogens is 162 g/mol. The van der Waals surface area contributed by atoms with E-state index in [1.165, 1.54) is 0 Å². The van der Waals surface area contributed by atoms with Gasteiger partial charge in [0, 0.05) is 24.9 Å². The Labute approximate surface area is 71.8 Å². The van der Waals surface area contributed by atoms with Crippen molar-refractivity contribution in [3.8, 4) is 0 Å².